The van der Waals surface area contributed by atoms with E-state index < -0.39 is 36.0 Å². The molecule has 0 unspecified atom stereocenters. The Kier molecular flexibility index (Phi) is 7.54. The van der Waals surface area contributed by atoms with Gasteiger partial charge in [-0.15, -0.1) is 0 Å². The smallest absolute Gasteiger partial charge is 0.422 e. The number of methoxy groups -OCH3 is 1. The molecule has 0 radical (unpaired) electrons. The maximum atomic E-state index is 15.2. The van der Waals surface area contributed by atoms with Gasteiger partial charge in [0.15, 0.2) is 24.0 Å². The molecule has 8 heteroatoms. The van der Waals surface area contributed by atoms with Crippen LogP contribution in [0.4, 0.5) is 26.3 Å². The van der Waals surface area contributed by atoms with E-state index in [0.717, 1.165) is 28.8 Å². The summed E-state index contributed by atoms with van der Waals surface area (Å²) < 4.78 is 89.6. The van der Waals surface area contributed by atoms with Crippen LogP contribution < -0.4 is 4.74 Å². The van der Waals surface area contributed by atoms with E-state index in [0.29, 0.717) is 22.9 Å². The highest BCUT2D eigenvalue weighted by Crippen LogP contribution is 2.30. The fraction of sp³-hybridized carbons (Fsp3) is 0.214. The second-order valence-electron chi connectivity index (χ2n) is 8.40. The number of halogens is 6. The van der Waals surface area contributed by atoms with Gasteiger partial charge in [-0.1, -0.05) is 48.5 Å². The molecule has 0 amide bonds. The van der Waals surface area contributed by atoms with Crippen molar-refractivity contribution >= 4 is 10.8 Å². The summed E-state index contributed by atoms with van der Waals surface area (Å²) in [6.45, 7) is -1.29. The predicted molar refractivity (Wildman–Crippen MR) is 125 cm³/mol. The van der Waals surface area contributed by atoms with Crippen LogP contribution in [0.1, 0.15) is 16.7 Å². The minimum atomic E-state index is -4.72. The molecule has 0 aliphatic rings. The van der Waals surface area contributed by atoms with Gasteiger partial charge in [0.25, 0.3) is 0 Å². The SMILES string of the molecule is COCc1ccc(-c2ccc3c(F)c(CCc4cc(F)c(OCC(F)(F)F)c(F)c4)ccc3c2)cc1. The van der Waals surface area contributed by atoms with Crippen LogP contribution in [0, 0.1) is 17.5 Å². The quantitative estimate of drug-likeness (QED) is 0.228. The van der Waals surface area contributed by atoms with Gasteiger partial charge < -0.3 is 9.47 Å². The third kappa shape index (κ3) is 5.99. The van der Waals surface area contributed by atoms with Crippen molar-refractivity contribution in [3.8, 4) is 16.9 Å². The van der Waals surface area contributed by atoms with Crippen molar-refractivity contribution in [3.05, 3.63) is 101 Å². The highest BCUT2D eigenvalue weighted by Gasteiger charge is 2.29. The molecule has 0 heterocycles. The zero-order valence-electron chi connectivity index (χ0n) is 19.3. The van der Waals surface area contributed by atoms with Gasteiger partial charge in [0.1, 0.15) is 5.82 Å². The summed E-state index contributed by atoms with van der Waals surface area (Å²) >= 11 is 0. The van der Waals surface area contributed by atoms with E-state index in [2.05, 4.69) is 4.74 Å². The molecule has 0 fully saturated rings. The summed E-state index contributed by atoms with van der Waals surface area (Å²) in [4.78, 5) is 0. The highest BCUT2D eigenvalue weighted by atomic mass is 19.4. The Morgan fingerprint density at radius 2 is 1.39 bits per heavy atom. The second kappa shape index (κ2) is 10.6. The molecule has 2 nitrogen and oxygen atoms in total. The van der Waals surface area contributed by atoms with Gasteiger partial charge in [0.2, 0.25) is 0 Å². The lowest BCUT2D eigenvalue weighted by atomic mass is 9.97. The summed E-state index contributed by atoms with van der Waals surface area (Å²) in [5.74, 6) is -4.00. The predicted octanol–water partition coefficient (Wildman–Crippen LogP) is 7.80. The molecule has 0 bridgehead atoms. The van der Waals surface area contributed by atoms with E-state index in [4.69, 9.17) is 4.74 Å². The van der Waals surface area contributed by atoms with E-state index in [1.54, 1.807) is 25.3 Å². The molecule has 0 saturated carbocycles. The molecule has 4 aromatic carbocycles. The Morgan fingerprint density at radius 3 is 2.03 bits per heavy atom. The number of fused-ring (bicyclic) bond motifs is 1. The van der Waals surface area contributed by atoms with Gasteiger partial charge in [0.05, 0.1) is 6.61 Å². The summed E-state index contributed by atoms with van der Waals surface area (Å²) in [5, 5.41) is 1.12. The van der Waals surface area contributed by atoms with Gasteiger partial charge in [-0.2, -0.15) is 13.2 Å². The van der Waals surface area contributed by atoms with Crippen LogP contribution >= 0.6 is 0 Å². The van der Waals surface area contributed by atoms with Crippen molar-refractivity contribution < 1.29 is 35.8 Å². The molecule has 188 valence electrons. The Morgan fingerprint density at radius 1 is 0.722 bits per heavy atom. The van der Waals surface area contributed by atoms with Crippen molar-refractivity contribution in [3.63, 3.8) is 0 Å². The molecule has 0 N–H and O–H groups in total. The van der Waals surface area contributed by atoms with Crippen molar-refractivity contribution in [1.29, 1.82) is 0 Å². The van der Waals surface area contributed by atoms with Gasteiger partial charge in [0, 0.05) is 12.5 Å². The number of benzene rings is 4. The number of hydrogen-bond donors (Lipinski definition) is 0. The summed E-state index contributed by atoms with van der Waals surface area (Å²) in [5.41, 5.74) is 3.49. The van der Waals surface area contributed by atoms with Crippen LogP contribution in [0.2, 0.25) is 0 Å². The van der Waals surface area contributed by atoms with Gasteiger partial charge in [-0.3, -0.25) is 0 Å². The third-order valence-electron chi connectivity index (χ3n) is 5.75. The van der Waals surface area contributed by atoms with E-state index in [9.17, 15) is 22.0 Å². The summed E-state index contributed by atoms with van der Waals surface area (Å²) in [6, 6.07) is 18.5. The minimum absolute atomic E-state index is 0.0850. The monoisotopic (exact) mass is 504 g/mol. The maximum absolute atomic E-state index is 15.2. The molecule has 0 saturated heterocycles. The lowest BCUT2D eigenvalue weighted by molar-refractivity contribution is -0.154. The zero-order chi connectivity index (χ0) is 25.9. The number of alkyl halides is 3. The fourth-order valence-corrected chi connectivity index (χ4v) is 4.00. The van der Waals surface area contributed by atoms with Crippen molar-refractivity contribution in [2.75, 3.05) is 13.7 Å². The van der Waals surface area contributed by atoms with Gasteiger partial charge in [-0.05, 0) is 64.2 Å². The Labute approximate surface area is 204 Å². The largest absolute Gasteiger partial charge is 0.478 e. The summed E-state index contributed by atoms with van der Waals surface area (Å²) in [6.07, 6.45) is -4.49. The van der Waals surface area contributed by atoms with Crippen molar-refractivity contribution in [2.24, 2.45) is 0 Å². The Bertz CT molecular complexity index is 1340. The van der Waals surface area contributed by atoms with E-state index in [1.165, 1.54) is 0 Å². The average Bonchev–Trinajstić information content (AvgIpc) is 2.83. The molecular weight excluding hydrogens is 482 g/mol. The Balaban J connectivity index is 1.50. The normalized spacial score (nSPS) is 11.8. The average molecular weight is 504 g/mol. The number of ether oxygens (including phenoxy) is 2. The third-order valence-corrected chi connectivity index (χ3v) is 5.75. The first-order valence-electron chi connectivity index (χ1n) is 11.1. The lowest BCUT2D eigenvalue weighted by Crippen LogP contribution is -2.20. The summed E-state index contributed by atoms with van der Waals surface area (Å²) in [7, 11) is 1.63. The van der Waals surface area contributed by atoms with Crippen LogP contribution in [0.3, 0.4) is 0 Å². The molecular formula is C28H22F6O2. The molecule has 4 rings (SSSR count). The van der Waals surface area contributed by atoms with Crippen molar-refractivity contribution in [1.82, 2.24) is 0 Å². The number of aryl methyl sites for hydroxylation is 2. The molecule has 0 aromatic heterocycles. The van der Waals surface area contributed by atoms with E-state index in [-0.39, 0.29) is 18.4 Å². The Hall–Kier alpha value is -3.52. The van der Waals surface area contributed by atoms with E-state index in [1.807, 2.05) is 36.4 Å². The first-order valence-corrected chi connectivity index (χ1v) is 11.1. The van der Waals surface area contributed by atoms with Crippen LogP contribution in [-0.4, -0.2) is 19.9 Å². The minimum Gasteiger partial charge on any atom is -0.478 e. The van der Waals surface area contributed by atoms with Crippen molar-refractivity contribution in [2.45, 2.75) is 25.6 Å². The second-order valence-corrected chi connectivity index (χ2v) is 8.40. The molecule has 0 atom stereocenters. The van der Waals surface area contributed by atoms with Gasteiger partial charge in [-0.25, -0.2) is 13.2 Å². The van der Waals surface area contributed by atoms with Crippen LogP contribution in [0.15, 0.2) is 66.7 Å². The maximum Gasteiger partial charge on any atom is 0.422 e. The standard InChI is InChI=1S/C28H22F6O2/c1-35-15-17-2-5-19(6-3-17)21-10-11-23-22(14-21)9-8-20(26(23)31)7-4-18-12-24(29)27(25(30)13-18)36-16-28(32,33)34/h2-3,5-6,8-14H,4,7,15-16H2,1H3. The molecule has 4 aromatic rings. The number of hydrogen-bond acceptors (Lipinski definition) is 2. The van der Waals surface area contributed by atoms with Crippen LogP contribution in [0.5, 0.6) is 5.75 Å². The topological polar surface area (TPSA) is 18.5 Å². The van der Waals surface area contributed by atoms with Gasteiger partial charge >= 0.3 is 6.18 Å². The molecule has 0 aliphatic heterocycles. The molecule has 0 spiro atoms. The number of rotatable bonds is 8. The molecule has 0 aliphatic carbocycles. The zero-order valence-corrected chi connectivity index (χ0v) is 19.3. The first kappa shape index (κ1) is 25.6. The fourth-order valence-electron chi connectivity index (χ4n) is 4.00. The highest BCUT2D eigenvalue weighted by molar-refractivity contribution is 5.88. The molecule has 36 heavy (non-hydrogen) atoms. The van der Waals surface area contributed by atoms with E-state index >= 15 is 4.39 Å². The van der Waals surface area contributed by atoms with Crippen LogP contribution in [0.25, 0.3) is 21.9 Å². The van der Waals surface area contributed by atoms with Crippen LogP contribution in [-0.2, 0) is 24.2 Å². The lowest BCUT2D eigenvalue weighted by Gasteiger charge is -2.12. The first-order chi connectivity index (χ1) is 17.1.